The molecule has 1 atom stereocenters. The first-order chi connectivity index (χ1) is 15.0. The summed E-state index contributed by atoms with van der Waals surface area (Å²) in [5.41, 5.74) is 1.19. The van der Waals surface area contributed by atoms with Crippen molar-refractivity contribution in [2.24, 2.45) is 0 Å². The van der Waals surface area contributed by atoms with E-state index in [0.717, 1.165) is 0 Å². The number of allylic oxidation sites excluding steroid dienone is 1. The molecule has 7 nitrogen and oxygen atoms in total. The van der Waals surface area contributed by atoms with Gasteiger partial charge in [0.15, 0.2) is 11.0 Å². The standard InChI is InChI=1S/C22H22ClN5O2S/c1-3-12-28-20(15(2)24-21(30)16-8-5-4-6-9-16)26-27-22(28)31-14-19(29)25-18-11-7-10-17(23)13-18/h3-11,13,15H,1,12,14H2,2H3,(H,24,30)(H,25,29)/t15-/m0/s1. The van der Waals surface area contributed by atoms with E-state index in [0.29, 0.717) is 33.8 Å². The average molecular weight is 456 g/mol. The van der Waals surface area contributed by atoms with Crippen LogP contribution in [-0.4, -0.2) is 32.3 Å². The Hall–Kier alpha value is -3.10. The van der Waals surface area contributed by atoms with Gasteiger partial charge in [0, 0.05) is 22.8 Å². The number of thioether (sulfide) groups is 1. The van der Waals surface area contributed by atoms with Gasteiger partial charge in [0.05, 0.1) is 11.8 Å². The number of benzene rings is 2. The zero-order valence-electron chi connectivity index (χ0n) is 16.9. The second-order valence-electron chi connectivity index (χ2n) is 6.65. The van der Waals surface area contributed by atoms with Crippen molar-refractivity contribution in [1.82, 2.24) is 20.1 Å². The highest BCUT2D eigenvalue weighted by molar-refractivity contribution is 7.99. The van der Waals surface area contributed by atoms with E-state index in [-0.39, 0.29) is 23.6 Å². The number of hydrogen-bond donors (Lipinski definition) is 2. The maximum atomic E-state index is 12.5. The number of nitrogens with one attached hydrogen (secondary N) is 2. The van der Waals surface area contributed by atoms with Gasteiger partial charge < -0.3 is 15.2 Å². The Morgan fingerprint density at radius 3 is 2.68 bits per heavy atom. The highest BCUT2D eigenvalue weighted by Gasteiger charge is 2.20. The number of halogens is 1. The molecule has 31 heavy (non-hydrogen) atoms. The molecule has 0 unspecified atom stereocenters. The molecule has 2 amide bonds. The predicted molar refractivity (Wildman–Crippen MR) is 123 cm³/mol. The molecule has 0 radical (unpaired) electrons. The van der Waals surface area contributed by atoms with Crippen LogP contribution in [-0.2, 0) is 11.3 Å². The minimum absolute atomic E-state index is 0.145. The number of nitrogens with zero attached hydrogens (tertiary/aromatic N) is 3. The number of carbonyl (C=O) groups is 2. The Labute approximate surface area is 189 Å². The molecule has 9 heteroatoms. The summed E-state index contributed by atoms with van der Waals surface area (Å²) in [6.07, 6.45) is 1.72. The molecule has 0 aliphatic heterocycles. The van der Waals surface area contributed by atoms with Crippen LogP contribution < -0.4 is 10.6 Å². The van der Waals surface area contributed by atoms with E-state index >= 15 is 0 Å². The summed E-state index contributed by atoms with van der Waals surface area (Å²) >= 11 is 7.20. The van der Waals surface area contributed by atoms with Crippen molar-refractivity contribution in [2.45, 2.75) is 24.7 Å². The van der Waals surface area contributed by atoms with Crippen molar-refractivity contribution in [3.8, 4) is 0 Å². The molecule has 0 spiro atoms. The highest BCUT2D eigenvalue weighted by Crippen LogP contribution is 2.22. The van der Waals surface area contributed by atoms with Crippen molar-refractivity contribution in [1.29, 1.82) is 0 Å². The van der Waals surface area contributed by atoms with Crippen molar-refractivity contribution < 1.29 is 9.59 Å². The lowest BCUT2D eigenvalue weighted by atomic mass is 10.2. The van der Waals surface area contributed by atoms with Gasteiger partial charge in [-0.2, -0.15) is 0 Å². The van der Waals surface area contributed by atoms with E-state index in [9.17, 15) is 9.59 Å². The molecule has 1 aromatic heterocycles. The molecule has 0 saturated carbocycles. The maximum absolute atomic E-state index is 12.5. The zero-order chi connectivity index (χ0) is 22.2. The first kappa shape index (κ1) is 22.6. The first-order valence-electron chi connectivity index (χ1n) is 9.56. The van der Waals surface area contributed by atoms with Gasteiger partial charge in [0.1, 0.15) is 0 Å². The molecule has 0 aliphatic carbocycles. The van der Waals surface area contributed by atoms with Gasteiger partial charge in [-0.1, -0.05) is 53.7 Å². The lowest BCUT2D eigenvalue weighted by Crippen LogP contribution is -2.28. The zero-order valence-corrected chi connectivity index (χ0v) is 18.5. The Bertz CT molecular complexity index is 1070. The minimum atomic E-state index is -0.380. The smallest absolute Gasteiger partial charge is 0.251 e. The Balaban J connectivity index is 1.66. The third-order valence-electron chi connectivity index (χ3n) is 4.27. The first-order valence-corrected chi connectivity index (χ1v) is 10.9. The summed E-state index contributed by atoms with van der Waals surface area (Å²) in [6, 6.07) is 15.5. The monoisotopic (exact) mass is 455 g/mol. The van der Waals surface area contributed by atoms with E-state index in [1.54, 1.807) is 42.5 Å². The number of amides is 2. The number of rotatable bonds is 9. The lowest BCUT2D eigenvalue weighted by molar-refractivity contribution is -0.113. The fraction of sp³-hybridized carbons (Fsp3) is 0.182. The fourth-order valence-electron chi connectivity index (χ4n) is 2.86. The third-order valence-corrected chi connectivity index (χ3v) is 5.47. The molecular formula is C22H22ClN5O2S. The normalized spacial score (nSPS) is 11.5. The topological polar surface area (TPSA) is 88.9 Å². The SMILES string of the molecule is C=CCn1c(SCC(=O)Nc2cccc(Cl)c2)nnc1[C@H](C)NC(=O)c1ccccc1. The van der Waals surface area contributed by atoms with Gasteiger partial charge in [-0.25, -0.2) is 0 Å². The van der Waals surface area contributed by atoms with Crippen molar-refractivity contribution in [2.75, 3.05) is 11.1 Å². The van der Waals surface area contributed by atoms with Gasteiger partial charge >= 0.3 is 0 Å². The minimum Gasteiger partial charge on any atom is -0.342 e. The second-order valence-corrected chi connectivity index (χ2v) is 8.03. The molecular weight excluding hydrogens is 434 g/mol. The summed E-state index contributed by atoms with van der Waals surface area (Å²) in [5.74, 6) is 0.345. The summed E-state index contributed by atoms with van der Waals surface area (Å²) in [5, 5.41) is 15.3. The van der Waals surface area contributed by atoms with Crippen LogP contribution in [0.15, 0.2) is 72.4 Å². The molecule has 0 fully saturated rings. The Morgan fingerprint density at radius 2 is 1.97 bits per heavy atom. The number of aromatic nitrogens is 3. The molecule has 2 N–H and O–H groups in total. The lowest BCUT2D eigenvalue weighted by Gasteiger charge is -2.15. The summed E-state index contributed by atoms with van der Waals surface area (Å²) < 4.78 is 1.83. The van der Waals surface area contributed by atoms with Gasteiger partial charge in [0.25, 0.3) is 5.91 Å². The van der Waals surface area contributed by atoms with Crippen LogP contribution in [0.1, 0.15) is 29.1 Å². The van der Waals surface area contributed by atoms with E-state index in [2.05, 4.69) is 27.4 Å². The average Bonchev–Trinajstić information content (AvgIpc) is 3.16. The van der Waals surface area contributed by atoms with E-state index in [1.807, 2.05) is 29.7 Å². The van der Waals surface area contributed by atoms with Crippen molar-refractivity contribution in [3.63, 3.8) is 0 Å². The van der Waals surface area contributed by atoms with Crippen LogP contribution in [0.25, 0.3) is 0 Å². The molecule has 0 aliphatic rings. The van der Waals surface area contributed by atoms with Crippen LogP contribution in [0, 0.1) is 0 Å². The molecule has 1 heterocycles. The molecule has 0 bridgehead atoms. The fourth-order valence-corrected chi connectivity index (χ4v) is 3.80. The van der Waals surface area contributed by atoms with Gasteiger partial charge in [-0.15, -0.1) is 16.8 Å². The third kappa shape index (κ3) is 6.19. The van der Waals surface area contributed by atoms with E-state index in [4.69, 9.17) is 11.6 Å². The van der Waals surface area contributed by atoms with Gasteiger partial charge in [-0.05, 0) is 37.3 Å². The number of anilines is 1. The van der Waals surface area contributed by atoms with Crippen LogP contribution in [0.3, 0.4) is 0 Å². The van der Waals surface area contributed by atoms with E-state index in [1.165, 1.54) is 11.8 Å². The quantitative estimate of drug-likeness (QED) is 0.370. The molecule has 0 saturated heterocycles. The van der Waals surface area contributed by atoms with Crippen molar-refractivity contribution in [3.05, 3.63) is 83.7 Å². The number of carbonyl (C=O) groups excluding carboxylic acids is 2. The van der Waals surface area contributed by atoms with Crippen LogP contribution in [0.5, 0.6) is 0 Å². The Kier molecular flexibility index (Phi) is 7.86. The highest BCUT2D eigenvalue weighted by atomic mass is 35.5. The largest absolute Gasteiger partial charge is 0.342 e. The predicted octanol–water partition coefficient (Wildman–Crippen LogP) is 4.34. The van der Waals surface area contributed by atoms with Crippen LogP contribution in [0.4, 0.5) is 5.69 Å². The maximum Gasteiger partial charge on any atom is 0.251 e. The second kappa shape index (κ2) is 10.8. The van der Waals surface area contributed by atoms with E-state index < -0.39 is 0 Å². The summed E-state index contributed by atoms with van der Waals surface area (Å²) in [4.78, 5) is 24.8. The molecule has 3 rings (SSSR count). The summed E-state index contributed by atoms with van der Waals surface area (Å²) in [6.45, 7) is 6.07. The van der Waals surface area contributed by atoms with Crippen LogP contribution >= 0.6 is 23.4 Å². The number of hydrogen-bond acceptors (Lipinski definition) is 5. The summed E-state index contributed by atoms with van der Waals surface area (Å²) in [7, 11) is 0. The van der Waals surface area contributed by atoms with Crippen LogP contribution in [0.2, 0.25) is 5.02 Å². The molecule has 3 aromatic rings. The Morgan fingerprint density at radius 1 is 1.19 bits per heavy atom. The van der Waals surface area contributed by atoms with Crippen molar-refractivity contribution >= 4 is 40.9 Å². The van der Waals surface area contributed by atoms with Gasteiger partial charge in [0.2, 0.25) is 5.91 Å². The van der Waals surface area contributed by atoms with Gasteiger partial charge in [-0.3, -0.25) is 9.59 Å². The molecule has 160 valence electrons. The molecule has 2 aromatic carbocycles.